The van der Waals surface area contributed by atoms with Crippen LogP contribution < -0.4 is 16.0 Å². The molecular formula is C24H39N3O4. The highest BCUT2D eigenvalue weighted by atomic mass is 16.3. The lowest BCUT2D eigenvalue weighted by Crippen LogP contribution is -2.47. The first-order chi connectivity index (χ1) is 15.1. The van der Waals surface area contributed by atoms with Crippen LogP contribution in [-0.4, -0.2) is 36.9 Å². The molecule has 0 spiro atoms. The lowest BCUT2D eigenvalue weighted by atomic mass is 10.1. The first-order valence-electron chi connectivity index (χ1n) is 11.6. The number of hydrogen-bond acceptors (Lipinski definition) is 4. The van der Waals surface area contributed by atoms with Crippen LogP contribution in [0.3, 0.4) is 0 Å². The molecule has 0 aromatic carbocycles. The van der Waals surface area contributed by atoms with Gasteiger partial charge in [-0.15, -0.1) is 0 Å². The van der Waals surface area contributed by atoms with Crippen LogP contribution in [0.25, 0.3) is 6.08 Å². The first-order valence-corrected chi connectivity index (χ1v) is 11.6. The molecule has 1 atom stereocenters. The van der Waals surface area contributed by atoms with Gasteiger partial charge in [-0.05, 0) is 37.5 Å². The Bertz CT molecular complexity index is 656. The van der Waals surface area contributed by atoms with Gasteiger partial charge in [0.15, 0.2) is 0 Å². The quantitative estimate of drug-likeness (QED) is 0.256. The SMILES string of the molecule is CCCCCCNC(=O)CCC(NC(=O)/C=C/c1ccco1)C(=O)NCCCCCC. The highest BCUT2D eigenvalue weighted by Gasteiger charge is 2.20. The van der Waals surface area contributed by atoms with Gasteiger partial charge in [0.1, 0.15) is 11.8 Å². The van der Waals surface area contributed by atoms with Crippen molar-refractivity contribution in [2.45, 2.75) is 84.1 Å². The number of carbonyl (C=O) groups is 3. The Kier molecular flexibility index (Phi) is 14.6. The Labute approximate surface area is 186 Å². The van der Waals surface area contributed by atoms with E-state index in [1.165, 1.54) is 18.4 Å². The van der Waals surface area contributed by atoms with Crippen molar-refractivity contribution in [3.63, 3.8) is 0 Å². The summed E-state index contributed by atoms with van der Waals surface area (Å²) >= 11 is 0. The minimum atomic E-state index is -0.759. The number of amides is 3. The molecule has 1 aromatic rings. The number of rotatable bonds is 17. The second-order valence-electron chi connectivity index (χ2n) is 7.71. The predicted octanol–water partition coefficient (Wildman–Crippen LogP) is 3.95. The molecule has 7 nitrogen and oxygen atoms in total. The second-order valence-corrected chi connectivity index (χ2v) is 7.71. The molecule has 0 saturated heterocycles. The highest BCUT2D eigenvalue weighted by Crippen LogP contribution is 2.04. The minimum Gasteiger partial charge on any atom is -0.465 e. The van der Waals surface area contributed by atoms with E-state index in [9.17, 15) is 14.4 Å². The molecule has 0 bridgehead atoms. The molecule has 0 fully saturated rings. The molecular weight excluding hydrogens is 394 g/mol. The van der Waals surface area contributed by atoms with E-state index in [0.29, 0.717) is 18.8 Å². The van der Waals surface area contributed by atoms with Gasteiger partial charge in [0, 0.05) is 25.6 Å². The lowest BCUT2D eigenvalue weighted by molar-refractivity contribution is -0.128. The van der Waals surface area contributed by atoms with Gasteiger partial charge in [-0.2, -0.15) is 0 Å². The van der Waals surface area contributed by atoms with Crippen molar-refractivity contribution < 1.29 is 18.8 Å². The maximum absolute atomic E-state index is 12.6. The molecule has 1 unspecified atom stereocenters. The fourth-order valence-electron chi connectivity index (χ4n) is 3.06. The number of unbranched alkanes of at least 4 members (excludes halogenated alkanes) is 6. The molecule has 0 saturated carbocycles. The molecule has 3 N–H and O–H groups in total. The third-order valence-corrected chi connectivity index (χ3v) is 4.92. The molecule has 31 heavy (non-hydrogen) atoms. The molecule has 1 aromatic heterocycles. The van der Waals surface area contributed by atoms with Crippen molar-refractivity contribution in [2.24, 2.45) is 0 Å². The fourth-order valence-corrected chi connectivity index (χ4v) is 3.06. The average Bonchev–Trinajstić information content (AvgIpc) is 3.28. The van der Waals surface area contributed by atoms with Gasteiger partial charge in [0.05, 0.1) is 6.26 Å². The Morgan fingerprint density at radius 2 is 1.65 bits per heavy atom. The summed E-state index contributed by atoms with van der Waals surface area (Å²) in [6, 6.07) is 2.70. The Hall–Kier alpha value is -2.57. The predicted molar refractivity (Wildman–Crippen MR) is 123 cm³/mol. The van der Waals surface area contributed by atoms with Gasteiger partial charge in [-0.3, -0.25) is 14.4 Å². The molecule has 7 heteroatoms. The smallest absolute Gasteiger partial charge is 0.244 e. The number of furan rings is 1. The first kappa shape index (κ1) is 26.5. The summed E-state index contributed by atoms with van der Waals surface area (Å²) in [5.41, 5.74) is 0. The zero-order valence-electron chi connectivity index (χ0n) is 19.1. The standard InChI is InChI=1S/C24H39N3O4/c1-3-5-7-9-17-25-22(28)16-14-21(24(30)26-18-10-8-6-4-2)27-23(29)15-13-20-12-11-19-31-20/h11-13,15,19,21H,3-10,14,16-18H2,1-2H3,(H,25,28)(H,26,30)(H,27,29)/b15-13+. The van der Waals surface area contributed by atoms with Crippen molar-refractivity contribution in [3.05, 3.63) is 30.2 Å². The van der Waals surface area contributed by atoms with Crippen LogP contribution in [0.1, 0.15) is 83.8 Å². The lowest BCUT2D eigenvalue weighted by Gasteiger charge is -2.17. The van der Waals surface area contributed by atoms with Crippen molar-refractivity contribution in [2.75, 3.05) is 13.1 Å². The largest absolute Gasteiger partial charge is 0.465 e. The van der Waals surface area contributed by atoms with E-state index in [1.807, 2.05) is 0 Å². The highest BCUT2D eigenvalue weighted by molar-refractivity contribution is 5.95. The Morgan fingerprint density at radius 3 is 2.26 bits per heavy atom. The van der Waals surface area contributed by atoms with Crippen molar-refractivity contribution >= 4 is 23.8 Å². The van der Waals surface area contributed by atoms with Gasteiger partial charge in [-0.25, -0.2) is 0 Å². The summed E-state index contributed by atoms with van der Waals surface area (Å²) in [6.07, 6.45) is 13.4. The fraction of sp³-hybridized carbons (Fsp3) is 0.625. The second kappa shape index (κ2) is 17.1. The van der Waals surface area contributed by atoms with E-state index >= 15 is 0 Å². The maximum Gasteiger partial charge on any atom is 0.244 e. The van der Waals surface area contributed by atoms with Crippen LogP contribution in [0.15, 0.2) is 28.9 Å². The number of hydrogen-bond donors (Lipinski definition) is 3. The van der Waals surface area contributed by atoms with Crippen molar-refractivity contribution in [1.82, 2.24) is 16.0 Å². The van der Waals surface area contributed by atoms with Gasteiger partial charge in [-0.1, -0.05) is 52.4 Å². The molecule has 3 amide bonds. The minimum absolute atomic E-state index is 0.0994. The van der Waals surface area contributed by atoms with Crippen molar-refractivity contribution in [1.29, 1.82) is 0 Å². The van der Waals surface area contributed by atoms with Crippen LogP contribution in [0, 0.1) is 0 Å². The van der Waals surface area contributed by atoms with Crippen LogP contribution in [-0.2, 0) is 14.4 Å². The maximum atomic E-state index is 12.6. The summed E-state index contributed by atoms with van der Waals surface area (Å²) in [4.78, 5) is 37.0. The van der Waals surface area contributed by atoms with Gasteiger partial charge >= 0.3 is 0 Å². The molecule has 1 rings (SSSR count). The van der Waals surface area contributed by atoms with Gasteiger partial charge in [0.25, 0.3) is 0 Å². The van der Waals surface area contributed by atoms with Gasteiger partial charge in [0.2, 0.25) is 17.7 Å². The molecule has 0 radical (unpaired) electrons. The molecule has 1 heterocycles. The van der Waals surface area contributed by atoms with E-state index in [4.69, 9.17) is 4.42 Å². The van der Waals surface area contributed by atoms with Crippen LogP contribution in [0.5, 0.6) is 0 Å². The topological polar surface area (TPSA) is 100 Å². The average molecular weight is 434 g/mol. The number of carbonyl (C=O) groups excluding carboxylic acids is 3. The molecule has 174 valence electrons. The van der Waals surface area contributed by atoms with E-state index < -0.39 is 11.9 Å². The van der Waals surface area contributed by atoms with Gasteiger partial charge < -0.3 is 20.4 Å². The van der Waals surface area contributed by atoms with E-state index in [-0.39, 0.29) is 24.7 Å². The summed E-state index contributed by atoms with van der Waals surface area (Å²) in [5.74, 6) is -0.207. The molecule has 0 aliphatic carbocycles. The summed E-state index contributed by atoms with van der Waals surface area (Å²) in [5, 5.41) is 8.48. The zero-order chi connectivity index (χ0) is 22.7. The van der Waals surface area contributed by atoms with E-state index in [2.05, 4.69) is 29.8 Å². The number of nitrogens with one attached hydrogen (secondary N) is 3. The zero-order valence-corrected chi connectivity index (χ0v) is 19.1. The Morgan fingerprint density at radius 1 is 0.968 bits per heavy atom. The third-order valence-electron chi connectivity index (χ3n) is 4.92. The Balaban J connectivity index is 2.50. The normalized spacial score (nSPS) is 11.9. The van der Waals surface area contributed by atoms with E-state index in [1.54, 1.807) is 12.1 Å². The summed E-state index contributed by atoms with van der Waals surface area (Å²) in [6.45, 7) is 5.49. The van der Waals surface area contributed by atoms with Crippen LogP contribution >= 0.6 is 0 Å². The molecule has 0 aliphatic heterocycles. The van der Waals surface area contributed by atoms with Crippen LogP contribution in [0.2, 0.25) is 0 Å². The monoisotopic (exact) mass is 433 g/mol. The van der Waals surface area contributed by atoms with E-state index in [0.717, 1.165) is 51.4 Å². The molecule has 0 aliphatic rings. The van der Waals surface area contributed by atoms with Crippen molar-refractivity contribution in [3.8, 4) is 0 Å². The summed E-state index contributed by atoms with van der Waals surface area (Å²) in [7, 11) is 0. The third kappa shape index (κ3) is 13.4. The van der Waals surface area contributed by atoms with Crippen LogP contribution in [0.4, 0.5) is 0 Å². The summed E-state index contributed by atoms with van der Waals surface area (Å²) < 4.78 is 5.16.